The third-order valence-corrected chi connectivity index (χ3v) is 6.82. The van der Waals surface area contributed by atoms with Crippen LogP contribution in [-0.2, 0) is 14.8 Å². The van der Waals surface area contributed by atoms with E-state index in [-0.39, 0.29) is 0 Å². The van der Waals surface area contributed by atoms with Crippen molar-refractivity contribution in [1.29, 1.82) is 0 Å². The van der Waals surface area contributed by atoms with E-state index in [9.17, 15) is 8.42 Å². The molecule has 27 heavy (non-hydrogen) atoms. The molecule has 0 amide bonds. The molecular formula is C21H28N2O3S. The lowest BCUT2D eigenvalue weighted by Crippen LogP contribution is -2.36. The van der Waals surface area contributed by atoms with E-state index in [4.69, 9.17) is 4.74 Å². The van der Waals surface area contributed by atoms with Crippen molar-refractivity contribution in [3.05, 3.63) is 53.1 Å². The smallest absolute Gasteiger partial charge is 0.262 e. The lowest BCUT2D eigenvalue weighted by molar-refractivity contribution is 0.0819. The number of benzene rings is 2. The van der Waals surface area contributed by atoms with E-state index in [1.807, 2.05) is 57.2 Å². The highest BCUT2D eigenvalue weighted by atomic mass is 32.2. The Morgan fingerprint density at radius 3 is 2.07 bits per heavy atom. The van der Waals surface area contributed by atoms with Gasteiger partial charge in [-0.25, -0.2) is 8.42 Å². The highest BCUT2D eigenvalue weighted by molar-refractivity contribution is 7.92. The quantitative estimate of drug-likeness (QED) is 0.840. The van der Waals surface area contributed by atoms with Gasteiger partial charge in [-0.05, 0) is 69.0 Å². The number of methoxy groups -OCH3 is 1. The van der Waals surface area contributed by atoms with Gasteiger partial charge in [0, 0.05) is 31.6 Å². The Morgan fingerprint density at radius 1 is 1.00 bits per heavy atom. The Balaban J connectivity index is 1.75. The second-order valence-corrected chi connectivity index (χ2v) is 8.92. The maximum atomic E-state index is 12.9. The zero-order valence-electron chi connectivity index (χ0n) is 16.5. The van der Waals surface area contributed by atoms with Crippen LogP contribution in [0.3, 0.4) is 0 Å². The summed E-state index contributed by atoms with van der Waals surface area (Å²) in [6, 6.07) is 11.4. The van der Waals surface area contributed by atoms with E-state index in [0.29, 0.717) is 16.7 Å². The number of nitrogens with one attached hydrogen (secondary N) is 1. The van der Waals surface area contributed by atoms with E-state index in [2.05, 4.69) is 9.62 Å². The molecule has 1 heterocycles. The average Bonchev–Trinajstić information content (AvgIpc) is 2.61. The highest BCUT2D eigenvalue weighted by Crippen LogP contribution is 2.26. The molecule has 0 unspecified atom stereocenters. The Hall–Kier alpha value is -2.05. The van der Waals surface area contributed by atoms with Crippen molar-refractivity contribution in [3.63, 3.8) is 0 Å². The van der Waals surface area contributed by atoms with Crippen LogP contribution in [0.25, 0.3) is 0 Å². The Morgan fingerprint density at radius 2 is 1.56 bits per heavy atom. The van der Waals surface area contributed by atoms with Gasteiger partial charge in [-0.1, -0.05) is 17.7 Å². The first kappa shape index (κ1) is 19.7. The summed E-state index contributed by atoms with van der Waals surface area (Å²) in [5.74, 6) is 0. The van der Waals surface area contributed by atoms with E-state index >= 15 is 0 Å². The van der Waals surface area contributed by atoms with Gasteiger partial charge in [0.05, 0.1) is 11.0 Å². The van der Waals surface area contributed by atoms with Gasteiger partial charge in [-0.15, -0.1) is 0 Å². The number of hydrogen-bond donors (Lipinski definition) is 1. The van der Waals surface area contributed by atoms with Crippen molar-refractivity contribution in [3.8, 4) is 0 Å². The van der Waals surface area contributed by atoms with Crippen molar-refractivity contribution in [2.45, 2.75) is 44.6 Å². The van der Waals surface area contributed by atoms with Crippen molar-refractivity contribution < 1.29 is 13.2 Å². The van der Waals surface area contributed by atoms with Gasteiger partial charge in [0.25, 0.3) is 10.0 Å². The highest BCUT2D eigenvalue weighted by Gasteiger charge is 2.21. The molecule has 1 N–H and O–H groups in total. The molecule has 6 heteroatoms. The number of anilines is 2. The van der Waals surface area contributed by atoms with Crippen LogP contribution in [-0.4, -0.2) is 34.7 Å². The fraction of sp³-hybridized carbons (Fsp3) is 0.429. The topological polar surface area (TPSA) is 58.6 Å². The number of aryl methyl sites for hydroxylation is 3. The standard InChI is InChI=1S/C21H28N2O3S/c1-15-13-16(2)21(17(3)14-15)27(24,25)22-18-5-7-19(8-6-18)23-11-9-20(26-4)10-12-23/h5-8,13-14,20,22H,9-12H2,1-4H3. The van der Waals surface area contributed by atoms with Crippen LogP contribution in [0.15, 0.2) is 41.3 Å². The van der Waals surface area contributed by atoms with Gasteiger partial charge in [-0.2, -0.15) is 0 Å². The van der Waals surface area contributed by atoms with Gasteiger partial charge in [-0.3, -0.25) is 4.72 Å². The van der Waals surface area contributed by atoms with E-state index in [1.165, 1.54) is 0 Å². The third-order valence-electron chi connectivity index (χ3n) is 5.13. The molecule has 0 radical (unpaired) electrons. The number of hydrogen-bond acceptors (Lipinski definition) is 4. The summed E-state index contributed by atoms with van der Waals surface area (Å²) >= 11 is 0. The molecule has 5 nitrogen and oxygen atoms in total. The number of rotatable bonds is 5. The third kappa shape index (κ3) is 4.45. The molecule has 1 fully saturated rings. The fourth-order valence-electron chi connectivity index (χ4n) is 3.89. The molecule has 146 valence electrons. The summed E-state index contributed by atoms with van der Waals surface area (Å²) in [4.78, 5) is 2.67. The van der Waals surface area contributed by atoms with Crippen LogP contribution in [0, 0.1) is 20.8 Å². The largest absolute Gasteiger partial charge is 0.381 e. The maximum absolute atomic E-state index is 12.9. The Bertz CT molecular complexity index is 877. The number of nitrogens with zero attached hydrogens (tertiary/aromatic N) is 1. The zero-order chi connectivity index (χ0) is 19.6. The van der Waals surface area contributed by atoms with E-state index in [1.54, 1.807) is 7.11 Å². The molecule has 1 aliphatic rings. The second kappa shape index (κ2) is 7.90. The molecule has 0 aromatic heterocycles. The Kier molecular flexibility index (Phi) is 5.77. The maximum Gasteiger partial charge on any atom is 0.262 e. The molecule has 3 rings (SSSR count). The summed E-state index contributed by atoms with van der Waals surface area (Å²) in [5.41, 5.74) is 4.26. The predicted molar refractivity (Wildman–Crippen MR) is 110 cm³/mol. The van der Waals surface area contributed by atoms with E-state index < -0.39 is 10.0 Å². The van der Waals surface area contributed by atoms with Crippen molar-refractivity contribution in [2.75, 3.05) is 29.8 Å². The molecule has 0 saturated carbocycles. The molecule has 1 saturated heterocycles. The SMILES string of the molecule is COC1CCN(c2ccc(NS(=O)(=O)c3c(C)cc(C)cc3C)cc2)CC1. The molecule has 1 aliphatic heterocycles. The van der Waals surface area contributed by atoms with Crippen LogP contribution in [0.5, 0.6) is 0 Å². The average molecular weight is 389 g/mol. The van der Waals surface area contributed by atoms with Crippen LogP contribution >= 0.6 is 0 Å². The van der Waals surface area contributed by atoms with E-state index in [0.717, 1.165) is 48.3 Å². The van der Waals surface area contributed by atoms with Gasteiger partial charge < -0.3 is 9.64 Å². The monoisotopic (exact) mass is 388 g/mol. The lowest BCUT2D eigenvalue weighted by atomic mass is 10.1. The van der Waals surface area contributed by atoms with Crippen molar-refractivity contribution in [1.82, 2.24) is 0 Å². The number of ether oxygens (including phenoxy) is 1. The molecule has 0 bridgehead atoms. The minimum absolute atomic E-state index is 0.341. The summed E-state index contributed by atoms with van der Waals surface area (Å²) in [6.45, 7) is 7.54. The number of sulfonamides is 1. The molecular weight excluding hydrogens is 360 g/mol. The minimum atomic E-state index is -3.62. The first-order valence-corrected chi connectivity index (χ1v) is 10.8. The summed E-state index contributed by atoms with van der Waals surface area (Å²) < 4.78 is 33.9. The minimum Gasteiger partial charge on any atom is -0.381 e. The molecule has 0 atom stereocenters. The second-order valence-electron chi connectivity index (χ2n) is 7.30. The number of piperidine rings is 1. The summed E-state index contributed by atoms with van der Waals surface area (Å²) in [5, 5.41) is 0. The zero-order valence-corrected chi connectivity index (χ0v) is 17.3. The summed E-state index contributed by atoms with van der Waals surface area (Å²) in [6.07, 6.45) is 2.36. The fourth-order valence-corrected chi connectivity index (χ4v) is 5.40. The molecule has 2 aromatic carbocycles. The van der Waals surface area contributed by atoms with Crippen LogP contribution in [0.4, 0.5) is 11.4 Å². The molecule has 0 spiro atoms. The first-order valence-electron chi connectivity index (χ1n) is 9.28. The van der Waals surface area contributed by atoms with Gasteiger partial charge in [0.2, 0.25) is 0 Å². The molecule has 2 aromatic rings. The summed E-state index contributed by atoms with van der Waals surface area (Å²) in [7, 11) is -1.86. The normalized spacial score (nSPS) is 15.8. The van der Waals surface area contributed by atoms with Crippen LogP contribution in [0.2, 0.25) is 0 Å². The Labute approximate surface area is 162 Å². The van der Waals surface area contributed by atoms with Crippen molar-refractivity contribution >= 4 is 21.4 Å². The predicted octanol–water partition coefficient (Wildman–Crippen LogP) is 4.03. The first-order chi connectivity index (χ1) is 12.8. The molecule has 0 aliphatic carbocycles. The van der Waals surface area contributed by atoms with Gasteiger partial charge in [0.1, 0.15) is 0 Å². The van der Waals surface area contributed by atoms with Crippen molar-refractivity contribution in [2.24, 2.45) is 0 Å². The van der Waals surface area contributed by atoms with Gasteiger partial charge >= 0.3 is 0 Å². The van der Waals surface area contributed by atoms with Crippen LogP contribution < -0.4 is 9.62 Å². The lowest BCUT2D eigenvalue weighted by Gasteiger charge is -2.33. The van der Waals surface area contributed by atoms with Crippen LogP contribution in [0.1, 0.15) is 29.5 Å². The van der Waals surface area contributed by atoms with Gasteiger partial charge in [0.15, 0.2) is 0 Å².